The Kier molecular flexibility index (Phi) is 6.09. The van der Waals surface area contributed by atoms with Gasteiger partial charge in [0.1, 0.15) is 5.82 Å². The summed E-state index contributed by atoms with van der Waals surface area (Å²) in [6.45, 7) is 2.64. The number of hydrogen-bond acceptors (Lipinski definition) is 2. The molecule has 1 fully saturated rings. The lowest BCUT2D eigenvalue weighted by molar-refractivity contribution is 0.173. The lowest BCUT2D eigenvalue weighted by Gasteiger charge is -2.33. The molecule has 36 heavy (non-hydrogen) atoms. The van der Waals surface area contributed by atoms with Crippen molar-refractivity contribution in [1.29, 1.82) is 0 Å². The van der Waals surface area contributed by atoms with Crippen molar-refractivity contribution in [3.63, 3.8) is 0 Å². The summed E-state index contributed by atoms with van der Waals surface area (Å²) < 4.78 is 4.28. The summed E-state index contributed by atoms with van der Waals surface area (Å²) in [5.74, 6) is 1.02. The first-order chi connectivity index (χ1) is 17.7. The van der Waals surface area contributed by atoms with Crippen LogP contribution in [0.3, 0.4) is 0 Å². The molecule has 1 N–H and O–H groups in total. The number of nitrogens with zero attached hydrogens (tertiary/aromatic N) is 4. The highest BCUT2D eigenvalue weighted by molar-refractivity contribution is 5.76. The number of aryl methyl sites for hydroxylation is 1. The fourth-order valence-corrected chi connectivity index (χ4v) is 5.84. The smallest absolute Gasteiger partial charge is 0.318 e. The van der Waals surface area contributed by atoms with Crippen LogP contribution in [0, 0.1) is 0 Å². The molecule has 2 aliphatic rings. The molecule has 0 spiro atoms. The quantitative estimate of drug-likeness (QED) is 0.380. The van der Waals surface area contributed by atoms with Crippen LogP contribution in [0.5, 0.6) is 0 Å². The highest BCUT2D eigenvalue weighted by Crippen LogP contribution is 2.38. The summed E-state index contributed by atoms with van der Waals surface area (Å²) in [6.07, 6.45) is 8.65. The SMILES string of the molecule is CCc1nn(-c2ccccc2)c2c1CN(C(=O)NC1CCCCC1)[C@@H](c1ccccc1)c1cccn1-2. The molecule has 2 aromatic heterocycles. The van der Waals surface area contributed by atoms with Gasteiger partial charge in [0, 0.05) is 17.8 Å². The van der Waals surface area contributed by atoms with Crippen molar-refractivity contribution < 1.29 is 4.79 Å². The maximum atomic E-state index is 14.0. The number of fused-ring (bicyclic) bond motifs is 3. The van der Waals surface area contributed by atoms with E-state index >= 15 is 0 Å². The van der Waals surface area contributed by atoms with Gasteiger partial charge in [-0.1, -0.05) is 74.7 Å². The summed E-state index contributed by atoms with van der Waals surface area (Å²) in [5, 5.41) is 8.44. The molecule has 6 rings (SSSR count). The zero-order valence-electron chi connectivity index (χ0n) is 20.8. The molecule has 3 heterocycles. The summed E-state index contributed by atoms with van der Waals surface area (Å²) in [7, 11) is 0. The van der Waals surface area contributed by atoms with Gasteiger partial charge in [-0.05, 0) is 49.1 Å². The number of nitrogens with one attached hydrogen (secondary N) is 1. The number of aromatic nitrogens is 3. The van der Waals surface area contributed by atoms with E-state index in [1.165, 1.54) is 19.3 Å². The van der Waals surface area contributed by atoms with Crippen LogP contribution in [-0.2, 0) is 13.0 Å². The molecule has 6 nitrogen and oxygen atoms in total. The van der Waals surface area contributed by atoms with Crippen molar-refractivity contribution in [2.75, 3.05) is 0 Å². The van der Waals surface area contributed by atoms with E-state index in [1.54, 1.807) is 0 Å². The average molecular weight is 480 g/mol. The van der Waals surface area contributed by atoms with E-state index in [9.17, 15) is 4.79 Å². The number of urea groups is 1. The maximum absolute atomic E-state index is 14.0. The van der Waals surface area contributed by atoms with Gasteiger partial charge in [-0.2, -0.15) is 5.10 Å². The van der Waals surface area contributed by atoms with Gasteiger partial charge in [0.25, 0.3) is 0 Å². The topological polar surface area (TPSA) is 55.1 Å². The van der Waals surface area contributed by atoms with Gasteiger partial charge in [-0.3, -0.25) is 0 Å². The average Bonchev–Trinajstić information content (AvgIpc) is 3.51. The van der Waals surface area contributed by atoms with Crippen LogP contribution in [0.1, 0.15) is 67.6 Å². The van der Waals surface area contributed by atoms with Gasteiger partial charge in [0.2, 0.25) is 0 Å². The number of hydrogen-bond donors (Lipinski definition) is 1. The Balaban J connectivity index is 1.52. The second-order valence-electron chi connectivity index (χ2n) is 9.88. The van der Waals surface area contributed by atoms with Crippen LogP contribution in [-0.4, -0.2) is 31.3 Å². The van der Waals surface area contributed by atoms with Crippen molar-refractivity contribution in [3.8, 4) is 11.5 Å². The minimum atomic E-state index is -0.203. The van der Waals surface area contributed by atoms with E-state index in [-0.39, 0.29) is 18.1 Å². The van der Waals surface area contributed by atoms with E-state index in [0.717, 1.165) is 53.3 Å². The van der Waals surface area contributed by atoms with Gasteiger partial charge in [0.15, 0.2) is 0 Å². The first kappa shape index (κ1) is 22.7. The van der Waals surface area contributed by atoms with Gasteiger partial charge in [-0.15, -0.1) is 0 Å². The second kappa shape index (κ2) is 9.69. The van der Waals surface area contributed by atoms with Crippen LogP contribution in [0.25, 0.3) is 11.5 Å². The maximum Gasteiger partial charge on any atom is 0.318 e. The largest absolute Gasteiger partial charge is 0.335 e. The first-order valence-corrected chi connectivity index (χ1v) is 13.2. The van der Waals surface area contributed by atoms with Crippen molar-refractivity contribution in [1.82, 2.24) is 24.6 Å². The summed E-state index contributed by atoms with van der Waals surface area (Å²) in [6, 6.07) is 24.9. The third-order valence-electron chi connectivity index (χ3n) is 7.61. The van der Waals surface area contributed by atoms with Crippen LogP contribution < -0.4 is 5.32 Å². The molecular formula is C30H33N5O. The van der Waals surface area contributed by atoms with E-state index in [2.05, 4.69) is 71.5 Å². The Morgan fingerprint density at radius 3 is 2.39 bits per heavy atom. The molecule has 6 heteroatoms. The van der Waals surface area contributed by atoms with E-state index in [0.29, 0.717) is 6.54 Å². The van der Waals surface area contributed by atoms with E-state index in [4.69, 9.17) is 5.10 Å². The van der Waals surface area contributed by atoms with Crippen molar-refractivity contribution in [2.45, 2.75) is 64.1 Å². The molecule has 2 amide bonds. The number of benzene rings is 2. The number of carbonyl (C=O) groups excluding carboxylic acids is 1. The van der Waals surface area contributed by atoms with Crippen molar-refractivity contribution in [2.24, 2.45) is 0 Å². The van der Waals surface area contributed by atoms with Crippen LogP contribution in [0.4, 0.5) is 4.79 Å². The highest BCUT2D eigenvalue weighted by atomic mass is 16.2. The van der Waals surface area contributed by atoms with E-state index in [1.807, 2.05) is 33.8 Å². The monoisotopic (exact) mass is 479 g/mol. The summed E-state index contributed by atoms with van der Waals surface area (Å²) in [5.41, 5.74) is 5.33. The summed E-state index contributed by atoms with van der Waals surface area (Å²) >= 11 is 0. The Morgan fingerprint density at radius 2 is 1.67 bits per heavy atom. The Labute approximate surface area is 212 Å². The number of amides is 2. The minimum Gasteiger partial charge on any atom is -0.335 e. The predicted octanol–water partition coefficient (Wildman–Crippen LogP) is 6.17. The molecule has 1 aliphatic heterocycles. The highest BCUT2D eigenvalue weighted by Gasteiger charge is 2.36. The van der Waals surface area contributed by atoms with E-state index < -0.39 is 0 Å². The molecule has 4 aromatic rings. The van der Waals surface area contributed by atoms with Gasteiger partial charge in [-0.25, -0.2) is 9.48 Å². The zero-order valence-corrected chi connectivity index (χ0v) is 20.8. The molecule has 0 saturated heterocycles. The third-order valence-corrected chi connectivity index (χ3v) is 7.61. The molecular weight excluding hydrogens is 446 g/mol. The van der Waals surface area contributed by atoms with Crippen LogP contribution >= 0.6 is 0 Å². The molecule has 2 aromatic carbocycles. The molecule has 1 aliphatic carbocycles. The standard InChI is InChI=1S/C30H33N5O/c1-2-26-25-21-34(30(36)31-23-15-8-4-9-16-23)28(22-13-6-3-7-14-22)27-19-12-20-33(27)29(25)35(32-26)24-17-10-5-11-18-24/h3,5-7,10-14,17-20,23,28H,2,4,8-9,15-16,21H2,1H3,(H,31,36)/t28-/m0/s1. The Bertz CT molecular complexity index is 1330. The van der Waals surface area contributed by atoms with Gasteiger partial charge in [0.05, 0.1) is 29.7 Å². The Hall–Kier alpha value is -3.80. The lowest BCUT2D eigenvalue weighted by Crippen LogP contribution is -2.46. The van der Waals surface area contributed by atoms with Crippen LogP contribution in [0.15, 0.2) is 79.0 Å². The third kappa shape index (κ3) is 4.00. The Morgan fingerprint density at radius 1 is 0.944 bits per heavy atom. The molecule has 1 saturated carbocycles. The van der Waals surface area contributed by atoms with Gasteiger partial charge < -0.3 is 14.8 Å². The van der Waals surface area contributed by atoms with Crippen molar-refractivity contribution >= 4 is 6.03 Å². The van der Waals surface area contributed by atoms with Crippen LogP contribution in [0.2, 0.25) is 0 Å². The molecule has 0 unspecified atom stereocenters. The second-order valence-corrected chi connectivity index (χ2v) is 9.88. The number of carbonyl (C=O) groups is 1. The molecule has 0 bridgehead atoms. The molecule has 0 radical (unpaired) electrons. The molecule has 184 valence electrons. The van der Waals surface area contributed by atoms with Crippen molar-refractivity contribution in [3.05, 3.63) is 102 Å². The summed E-state index contributed by atoms with van der Waals surface area (Å²) in [4.78, 5) is 16.0. The first-order valence-electron chi connectivity index (χ1n) is 13.2. The lowest BCUT2D eigenvalue weighted by atomic mass is 9.95. The normalized spacial score (nSPS) is 17.8. The minimum absolute atomic E-state index is 0.00543. The fraction of sp³-hybridized carbons (Fsp3) is 0.333. The predicted molar refractivity (Wildman–Crippen MR) is 142 cm³/mol. The number of para-hydroxylation sites is 1. The van der Waals surface area contributed by atoms with Gasteiger partial charge >= 0.3 is 6.03 Å². The molecule has 1 atom stereocenters. The number of rotatable bonds is 4. The fourth-order valence-electron chi connectivity index (χ4n) is 5.84. The zero-order chi connectivity index (χ0) is 24.5.